The maximum absolute atomic E-state index is 10.7. The van der Waals surface area contributed by atoms with E-state index in [-0.39, 0.29) is 12.2 Å². The Hall–Kier alpha value is -1.30. The second-order valence-electron chi connectivity index (χ2n) is 3.82. The molecule has 0 aliphatic heterocycles. The molecule has 0 amide bonds. The van der Waals surface area contributed by atoms with Gasteiger partial charge in [0, 0.05) is 13.7 Å². The van der Waals surface area contributed by atoms with Crippen LogP contribution in [0.4, 0.5) is 5.69 Å². The Kier molecular flexibility index (Phi) is 5.91. The minimum atomic E-state index is -1.01. The van der Waals surface area contributed by atoms with Crippen LogP contribution < -0.4 is 5.32 Å². The van der Waals surface area contributed by atoms with E-state index < -0.39 is 12.1 Å². The van der Waals surface area contributed by atoms with Gasteiger partial charge in [-0.15, -0.1) is 0 Å². The van der Waals surface area contributed by atoms with Gasteiger partial charge in [-0.1, -0.05) is 11.6 Å². The van der Waals surface area contributed by atoms with Crippen molar-refractivity contribution in [1.29, 1.82) is 0 Å². The van der Waals surface area contributed by atoms with E-state index in [0.717, 1.165) is 0 Å². The van der Waals surface area contributed by atoms with Crippen LogP contribution in [0.25, 0.3) is 0 Å². The molecule has 0 spiro atoms. The van der Waals surface area contributed by atoms with Crippen LogP contribution in [0.15, 0.2) is 18.2 Å². The van der Waals surface area contributed by atoms with Gasteiger partial charge in [0.1, 0.15) is 0 Å². The van der Waals surface area contributed by atoms with Crippen molar-refractivity contribution in [2.24, 2.45) is 0 Å². The van der Waals surface area contributed by atoms with Crippen LogP contribution >= 0.6 is 11.6 Å². The number of aliphatic hydroxyl groups is 1. The molecule has 0 aliphatic rings. The molecule has 1 aromatic rings. The zero-order valence-electron chi connectivity index (χ0n) is 10.0. The third kappa shape index (κ3) is 4.52. The molecule has 3 N–H and O–H groups in total. The van der Waals surface area contributed by atoms with Gasteiger partial charge in [0.15, 0.2) is 0 Å². The smallest absolute Gasteiger partial charge is 0.335 e. The van der Waals surface area contributed by atoms with Gasteiger partial charge in [-0.2, -0.15) is 0 Å². The van der Waals surface area contributed by atoms with Crippen LogP contribution in [0.5, 0.6) is 0 Å². The Labute approximate surface area is 110 Å². The minimum Gasteiger partial charge on any atom is -0.478 e. The zero-order valence-corrected chi connectivity index (χ0v) is 10.8. The summed E-state index contributed by atoms with van der Waals surface area (Å²) in [5.74, 6) is -1.01. The normalized spacial score (nSPS) is 12.2. The van der Waals surface area contributed by atoms with Crippen molar-refractivity contribution in [3.05, 3.63) is 28.8 Å². The summed E-state index contributed by atoms with van der Waals surface area (Å²) < 4.78 is 4.80. The molecule has 0 heterocycles. The van der Waals surface area contributed by atoms with Gasteiger partial charge in [0.2, 0.25) is 0 Å². The number of carbonyl (C=O) groups is 1. The molecule has 0 radical (unpaired) electrons. The van der Waals surface area contributed by atoms with Crippen LogP contribution in [0.3, 0.4) is 0 Å². The number of carboxylic acids is 1. The Morgan fingerprint density at radius 2 is 2.28 bits per heavy atom. The summed E-state index contributed by atoms with van der Waals surface area (Å²) in [5, 5.41) is 21.6. The number of hydrogen-bond donors (Lipinski definition) is 3. The molecule has 0 fully saturated rings. The van der Waals surface area contributed by atoms with Crippen LogP contribution in [-0.2, 0) is 4.74 Å². The molecule has 1 unspecified atom stereocenters. The molecular weight excluding hydrogens is 258 g/mol. The molecule has 0 aromatic heterocycles. The highest BCUT2D eigenvalue weighted by Gasteiger charge is 2.07. The number of ether oxygens (including phenoxy) is 1. The van der Waals surface area contributed by atoms with E-state index in [1.165, 1.54) is 19.2 Å². The van der Waals surface area contributed by atoms with E-state index in [4.69, 9.17) is 21.4 Å². The number of halogens is 1. The Balaban J connectivity index is 2.50. The van der Waals surface area contributed by atoms with E-state index in [2.05, 4.69) is 5.32 Å². The van der Waals surface area contributed by atoms with Crippen molar-refractivity contribution in [2.75, 3.05) is 25.6 Å². The molecule has 18 heavy (non-hydrogen) atoms. The van der Waals surface area contributed by atoms with Gasteiger partial charge < -0.3 is 20.3 Å². The molecule has 5 nitrogen and oxygen atoms in total. The molecule has 0 aliphatic carbocycles. The standard InChI is InChI=1S/C12H16ClNO4/c1-18-7-9(15)4-5-14-11-3-2-8(12(16)17)6-10(11)13/h2-3,6,9,14-15H,4-5,7H2,1H3,(H,16,17). The van der Waals surface area contributed by atoms with Crippen molar-refractivity contribution in [2.45, 2.75) is 12.5 Å². The fourth-order valence-electron chi connectivity index (χ4n) is 1.44. The molecule has 1 rings (SSSR count). The summed E-state index contributed by atoms with van der Waals surface area (Å²) in [6.07, 6.45) is -0.00948. The second kappa shape index (κ2) is 7.20. The molecule has 0 saturated heterocycles. The molecule has 100 valence electrons. The lowest BCUT2D eigenvalue weighted by molar-refractivity contribution is 0.0615. The molecule has 0 saturated carbocycles. The van der Waals surface area contributed by atoms with Crippen LogP contribution in [0.2, 0.25) is 5.02 Å². The number of aliphatic hydroxyl groups excluding tert-OH is 1. The first kappa shape index (κ1) is 14.8. The number of nitrogens with one attached hydrogen (secondary N) is 1. The number of rotatable bonds is 7. The summed E-state index contributed by atoms with van der Waals surface area (Å²) in [6.45, 7) is 0.810. The predicted octanol–water partition coefficient (Wildman–Crippen LogP) is 1.85. The Bertz CT molecular complexity index is 411. The van der Waals surface area contributed by atoms with Crippen LogP contribution in [0, 0.1) is 0 Å². The van der Waals surface area contributed by atoms with Crippen molar-refractivity contribution < 1.29 is 19.7 Å². The number of carboxylic acid groups (broad SMARTS) is 1. The predicted molar refractivity (Wildman–Crippen MR) is 69.4 cm³/mol. The average Bonchev–Trinajstić information content (AvgIpc) is 2.31. The first-order valence-corrected chi connectivity index (χ1v) is 5.86. The van der Waals surface area contributed by atoms with E-state index >= 15 is 0 Å². The minimum absolute atomic E-state index is 0.143. The van der Waals surface area contributed by atoms with Gasteiger partial charge in [-0.25, -0.2) is 4.79 Å². The lowest BCUT2D eigenvalue weighted by atomic mass is 10.2. The molecule has 1 aromatic carbocycles. The topological polar surface area (TPSA) is 78.8 Å². The average molecular weight is 274 g/mol. The van der Waals surface area contributed by atoms with Crippen molar-refractivity contribution in [1.82, 2.24) is 0 Å². The fourth-order valence-corrected chi connectivity index (χ4v) is 1.69. The first-order chi connectivity index (χ1) is 8.54. The summed E-state index contributed by atoms with van der Waals surface area (Å²) in [7, 11) is 1.53. The van der Waals surface area contributed by atoms with Crippen LogP contribution in [-0.4, -0.2) is 42.5 Å². The summed E-state index contributed by atoms with van der Waals surface area (Å²) in [4.78, 5) is 10.7. The van der Waals surface area contributed by atoms with Gasteiger partial charge >= 0.3 is 5.97 Å². The second-order valence-corrected chi connectivity index (χ2v) is 4.23. The number of hydrogen-bond acceptors (Lipinski definition) is 4. The van der Waals surface area contributed by atoms with Crippen molar-refractivity contribution >= 4 is 23.3 Å². The van der Waals surface area contributed by atoms with Crippen molar-refractivity contribution in [3.8, 4) is 0 Å². The monoisotopic (exact) mass is 273 g/mol. The Morgan fingerprint density at radius 1 is 1.56 bits per heavy atom. The highest BCUT2D eigenvalue weighted by Crippen LogP contribution is 2.23. The van der Waals surface area contributed by atoms with Gasteiger partial charge in [0.05, 0.1) is 29.0 Å². The van der Waals surface area contributed by atoms with Crippen LogP contribution in [0.1, 0.15) is 16.8 Å². The lowest BCUT2D eigenvalue weighted by Crippen LogP contribution is -2.18. The van der Waals surface area contributed by atoms with E-state index in [9.17, 15) is 9.90 Å². The molecular formula is C12H16ClNO4. The number of methoxy groups -OCH3 is 1. The summed E-state index contributed by atoms with van der Waals surface area (Å²) in [5.41, 5.74) is 0.788. The highest BCUT2D eigenvalue weighted by atomic mass is 35.5. The zero-order chi connectivity index (χ0) is 13.5. The van der Waals surface area contributed by atoms with Gasteiger partial charge in [0.25, 0.3) is 0 Å². The van der Waals surface area contributed by atoms with Gasteiger partial charge in [-0.3, -0.25) is 0 Å². The lowest BCUT2D eigenvalue weighted by Gasteiger charge is -2.12. The summed E-state index contributed by atoms with van der Waals surface area (Å²) >= 11 is 5.94. The molecule has 6 heteroatoms. The fraction of sp³-hybridized carbons (Fsp3) is 0.417. The number of anilines is 1. The molecule has 1 atom stereocenters. The molecule has 0 bridgehead atoms. The van der Waals surface area contributed by atoms with E-state index in [1.807, 2.05) is 0 Å². The maximum atomic E-state index is 10.7. The summed E-state index contributed by atoms with van der Waals surface area (Å²) in [6, 6.07) is 4.47. The number of benzene rings is 1. The SMILES string of the molecule is COCC(O)CCNc1ccc(C(=O)O)cc1Cl. The first-order valence-electron chi connectivity index (χ1n) is 5.48. The van der Waals surface area contributed by atoms with Crippen molar-refractivity contribution in [3.63, 3.8) is 0 Å². The van der Waals surface area contributed by atoms with E-state index in [1.54, 1.807) is 6.07 Å². The highest BCUT2D eigenvalue weighted by molar-refractivity contribution is 6.33. The Morgan fingerprint density at radius 3 is 2.83 bits per heavy atom. The largest absolute Gasteiger partial charge is 0.478 e. The maximum Gasteiger partial charge on any atom is 0.335 e. The van der Waals surface area contributed by atoms with E-state index in [0.29, 0.717) is 23.7 Å². The number of aromatic carboxylic acids is 1. The third-order valence-corrected chi connectivity index (χ3v) is 2.68. The van der Waals surface area contributed by atoms with Gasteiger partial charge in [-0.05, 0) is 24.6 Å². The third-order valence-electron chi connectivity index (χ3n) is 2.37. The quantitative estimate of drug-likeness (QED) is 0.707.